The van der Waals surface area contributed by atoms with Gasteiger partial charge in [-0.3, -0.25) is 14.4 Å². The lowest BCUT2D eigenvalue weighted by Gasteiger charge is -2.34. The fourth-order valence-corrected chi connectivity index (χ4v) is 3.66. The molecule has 2 aromatic heterocycles. The van der Waals surface area contributed by atoms with E-state index in [9.17, 15) is 14.4 Å². The van der Waals surface area contributed by atoms with E-state index in [-0.39, 0.29) is 17.4 Å². The van der Waals surface area contributed by atoms with E-state index in [0.717, 1.165) is 10.6 Å². The summed E-state index contributed by atoms with van der Waals surface area (Å²) < 4.78 is 1.43. The highest BCUT2D eigenvalue weighted by Crippen LogP contribution is 2.21. The first-order valence-electron chi connectivity index (χ1n) is 8.70. The lowest BCUT2D eigenvalue weighted by Crippen LogP contribution is -2.50. The van der Waals surface area contributed by atoms with Crippen LogP contribution in [0.15, 0.2) is 34.4 Å². The molecule has 7 nitrogen and oxygen atoms in total. The molecule has 0 radical (unpaired) electrons. The Morgan fingerprint density at radius 2 is 1.85 bits per heavy atom. The van der Waals surface area contributed by atoms with Crippen LogP contribution < -0.4 is 5.56 Å². The normalized spacial score (nSPS) is 14.5. The lowest BCUT2D eigenvalue weighted by molar-refractivity contribution is -0.138. The van der Waals surface area contributed by atoms with E-state index >= 15 is 0 Å². The first-order chi connectivity index (χ1) is 12.5. The molecule has 0 saturated carbocycles. The molecule has 2 amide bonds. The highest BCUT2D eigenvalue weighted by Gasteiger charge is 2.21. The molecule has 3 rings (SSSR count). The van der Waals surface area contributed by atoms with Crippen molar-refractivity contribution in [2.45, 2.75) is 26.3 Å². The van der Waals surface area contributed by atoms with Crippen LogP contribution in [0.2, 0.25) is 0 Å². The molecular formula is C18H22N4O3S. The van der Waals surface area contributed by atoms with E-state index in [1.807, 2.05) is 17.5 Å². The first kappa shape index (κ1) is 18.3. The van der Waals surface area contributed by atoms with Gasteiger partial charge in [-0.05, 0) is 23.9 Å². The summed E-state index contributed by atoms with van der Waals surface area (Å²) in [4.78, 5) is 40.2. The predicted octanol–water partition coefficient (Wildman–Crippen LogP) is 1.44. The Morgan fingerprint density at radius 3 is 2.50 bits per heavy atom. The maximum atomic E-state index is 12.3. The van der Waals surface area contributed by atoms with Crippen LogP contribution in [-0.2, 0) is 16.1 Å². The van der Waals surface area contributed by atoms with Gasteiger partial charge >= 0.3 is 0 Å². The third-order valence-electron chi connectivity index (χ3n) is 4.48. The summed E-state index contributed by atoms with van der Waals surface area (Å²) in [7, 11) is 0. The lowest BCUT2D eigenvalue weighted by atomic mass is 10.2. The number of carbonyl (C=O) groups excluding carboxylic acids is 2. The summed E-state index contributed by atoms with van der Waals surface area (Å²) in [6.07, 6.45) is 0.935. The van der Waals surface area contributed by atoms with Crippen LogP contribution in [0.4, 0.5) is 0 Å². The van der Waals surface area contributed by atoms with E-state index in [2.05, 4.69) is 5.10 Å². The van der Waals surface area contributed by atoms with Crippen LogP contribution in [0.5, 0.6) is 0 Å². The molecule has 1 aliphatic heterocycles. The van der Waals surface area contributed by atoms with Crippen molar-refractivity contribution in [3.63, 3.8) is 0 Å². The number of thiophene rings is 1. The number of piperazine rings is 1. The van der Waals surface area contributed by atoms with Crippen LogP contribution in [0, 0.1) is 0 Å². The molecule has 0 aromatic carbocycles. The molecule has 138 valence electrons. The van der Waals surface area contributed by atoms with Gasteiger partial charge in [0, 0.05) is 52.1 Å². The molecule has 26 heavy (non-hydrogen) atoms. The van der Waals surface area contributed by atoms with Gasteiger partial charge in [0.2, 0.25) is 11.8 Å². The summed E-state index contributed by atoms with van der Waals surface area (Å²) in [5.74, 6) is 0.115. The van der Waals surface area contributed by atoms with Crippen molar-refractivity contribution in [1.29, 1.82) is 0 Å². The van der Waals surface area contributed by atoms with Crippen LogP contribution in [0.1, 0.15) is 19.8 Å². The minimum atomic E-state index is -0.159. The molecule has 0 unspecified atom stereocenters. The maximum Gasteiger partial charge on any atom is 0.266 e. The fraction of sp³-hybridized carbons (Fsp3) is 0.444. The van der Waals surface area contributed by atoms with Crippen LogP contribution >= 0.6 is 11.3 Å². The second-order valence-corrected chi connectivity index (χ2v) is 7.20. The molecule has 0 bridgehead atoms. The van der Waals surface area contributed by atoms with Crippen molar-refractivity contribution in [3.8, 4) is 10.6 Å². The number of hydrogen-bond donors (Lipinski definition) is 0. The third kappa shape index (κ3) is 4.37. The molecule has 1 fully saturated rings. The van der Waals surface area contributed by atoms with Crippen LogP contribution in [0.3, 0.4) is 0 Å². The average molecular weight is 374 g/mol. The van der Waals surface area contributed by atoms with Gasteiger partial charge < -0.3 is 9.80 Å². The Labute approximate surface area is 155 Å². The number of amides is 2. The second-order valence-electron chi connectivity index (χ2n) is 6.25. The zero-order valence-electron chi connectivity index (χ0n) is 14.8. The van der Waals surface area contributed by atoms with Crippen molar-refractivity contribution in [3.05, 3.63) is 40.0 Å². The number of aryl methyl sites for hydroxylation is 1. The number of rotatable bonds is 5. The summed E-state index contributed by atoms with van der Waals surface area (Å²) >= 11 is 1.57. The summed E-state index contributed by atoms with van der Waals surface area (Å²) in [5, 5.41) is 6.37. The van der Waals surface area contributed by atoms with E-state index in [0.29, 0.717) is 45.6 Å². The minimum Gasteiger partial charge on any atom is -0.339 e. The highest BCUT2D eigenvalue weighted by molar-refractivity contribution is 7.13. The van der Waals surface area contributed by atoms with Crippen molar-refractivity contribution in [1.82, 2.24) is 19.6 Å². The van der Waals surface area contributed by atoms with Gasteiger partial charge in [-0.1, -0.05) is 6.07 Å². The molecule has 2 aromatic rings. The second kappa shape index (κ2) is 8.27. The quantitative estimate of drug-likeness (QED) is 0.794. The SMILES string of the molecule is CC(=O)N1CCN(C(=O)CCCn2nc(-c3cccs3)ccc2=O)CC1. The largest absolute Gasteiger partial charge is 0.339 e. The maximum absolute atomic E-state index is 12.3. The monoisotopic (exact) mass is 374 g/mol. The smallest absolute Gasteiger partial charge is 0.266 e. The van der Waals surface area contributed by atoms with E-state index in [1.165, 1.54) is 10.7 Å². The molecule has 8 heteroatoms. The van der Waals surface area contributed by atoms with Crippen molar-refractivity contribution in [2.75, 3.05) is 26.2 Å². The molecule has 0 aliphatic carbocycles. The van der Waals surface area contributed by atoms with Crippen LogP contribution in [0.25, 0.3) is 10.6 Å². The van der Waals surface area contributed by atoms with Crippen molar-refractivity contribution in [2.24, 2.45) is 0 Å². The molecule has 3 heterocycles. The Morgan fingerprint density at radius 1 is 1.12 bits per heavy atom. The first-order valence-corrected chi connectivity index (χ1v) is 9.58. The zero-order chi connectivity index (χ0) is 18.5. The number of aromatic nitrogens is 2. The van der Waals surface area contributed by atoms with Crippen molar-refractivity contribution < 1.29 is 9.59 Å². The molecule has 0 spiro atoms. The highest BCUT2D eigenvalue weighted by atomic mass is 32.1. The summed E-state index contributed by atoms with van der Waals surface area (Å²) in [6.45, 7) is 4.29. The summed E-state index contributed by atoms with van der Waals surface area (Å²) in [5.41, 5.74) is 0.610. The Hall–Kier alpha value is -2.48. The number of nitrogens with zero attached hydrogens (tertiary/aromatic N) is 4. The van der Waals surface area contributed by atoms with Gasteiger partial charge in [0.1, 0.15) is 5.69 Å². The molecule has 0 atom stereocenters. The average Bonchev–Trinajstić information content (AvgIpc) is 3.18. The molecular weight excluding hydrogens is 352 g/mol. The topological polar surface area (TPSA) is 75.5 Å². The van der Waals surface area contributed by atoms with Gasteiger partial charge in [0.25, 0.3) is 5.56 Å². The van der Waals surface area contributed by atoms with Crippen LogP contribution in [-0.4, -0.2) is 57.6 Å². The van der Waals surface area contributed by atoms with Gasteiger partial charge in [0.15, 0.2) is 0 Å². The van der Waals surface area contributed by atoms with Gasteiger partial charge in [-0.25, -0.2) is 4.68 Å². The fourth-order valence-electron chi connectivity index (χ4n) is 2.97. The Balaban J connectivity index is 1.52. The Kier molecular flexibility index (Phi) is 5.82. The molecule has 1 aliphatic rings. The zero-order valence-corrected chi connectivity index (χ0v) is 15.6. The van der Waals surface area contributed by atoms with Gasteiger partial charge in [0.05, 0.1) is 4.88 Å². The minimum absolute atomic E-state index is 0.0492. The number of carbonyl (C=O) groups is 2. The van der Waals surface area contributed by atoms with E-state index < -0.39 is 0 Å². The Bertz CT molecular complexity index is 823. The van der Waals surface area contributed by atoms with E-state index in [4.69, 9.17) is 0 Å². The van der Waals surface area contributed by atoms with Gasteiger partial charge in [-0.15, -0.1) is 11.3 Å². The molecule has 1 saturated heterocycles. The number of hydrogen-bond acceptors (Lipinski definition) is 5. The molecule has 0 N–H and O–H groups in total. The predicted molar refractivity (Wildman–Crippen MR) is 99.9 cm³/mol. The van der Waals surface area contributed by atoms with Crippen molar-refractivity contribution >= 4 is 23.2 Å². The summed E-state index contributed by atoms with van der Waals surface area (Å²) in [6, 6.07) is 7.16. The standard InChI is InChI=1S/C18H22N4O3S/c1-14(23)20-9-11-21(12-10-20)17(24)5-2-8-22-18(25)7-6-15(19-22)16-4-3-13-26-16/h3-4,6-7,13H,2,5,8-12H2,1H3. The van der Waals surface area contributed by atoms with Gasteiger partial charge in [-0.2, -0.15) is 5.10 Å². The van der Waals surface area contributed by atoms with E-state index in [1.54, 1.807) is 34.1 Å². The third-order valence-corrected chi connectivity index (χ3v) is 5.37.